The van der Waals surface area contributed by atoms with E-state index in [2.05, 4.69) is 139 Å². The lowest BCUT2D eigenvalue weighted by atomic mass is 9.98. The first kappa shape index (κ1) is 29.1. The van der Waals surface area contributed by atoms with Crippen LogP contribution in [0.25, 0.3) is 66.0 Å². The summed E-state index contributed by atoms with van der Waals surface area (Å²) >= 11 is 0. The van der Waals surface area contributed by atoms with Crippen LogP contribution >= 0.6 is 0 Å². The molecule has 0 saturated heterocycles. The van der Waals surface area contributed by atoms with Gasteiger partial charge in [-0.1, -0.05) is 127 Å². The second-order valence-corrected chi connectivity index (χ2v) is 12.9. The van der Waals surface area contributed by atoms with Crippen LogP contribution in [0.3, 0.4) is 0 Å². The fourth-order valence-corrected chi connectivity index (χ4v) is 7.04. The highest BCUT2D eigenvalue weighted by Gasteiger charge is 2.22. The molecule has 0 bridgehead atoms. The lowest BCUT2D eigenvalue weighted by Crippen LogP contribution is -2.33. The number of nitrogens with one attached hydrogen (secondary N) is 1. The molecule has 1 aromatic heterocycles. The summed E-state index contributed by atoms with van der Waals surface area (Å²) in [5.74, 6) is 2.10. The Morgan fingerprint density at radius 3 is 1.96 bits per heavy atom. The van der Waals surface area contributed by atoms with Crippen LogP contribution in [0.5, 0.6) is 0 Å². The van der Waals surface area contributed by atoms with Crippen LogP contribution in [0, 0.1) is 0 Å². The molecule has 0 amide bonds. The third kappa shape index (κ3) is 5.32. The molecular formula is C46H30N4O. The summed E-state index contributed by atoms with van der Waals surface area (Å²) in [6, 6.07) is 59.0. The molecule has 0 saturated carbocycles. The first-order chi connectivity index (χ1) is 25.2. The first-order valence-corrected chi connectivity index (χ1v) is 17.1. The molecular weight excluding hydrogens is 625 g/mol. The fourth-order valence-electron chi connectivity index (χ4n) is 7.04. The van der Waals surface area contributed by atoms with Gasteiger partial charge in [-0.15, -0.1) is 0 Å². The maximum Gasteiger partial charge on any atom is 0.227 e. The zero-order valence-electron chi connectivity index (χ0n) is 27.5. The number of rotatable bonds is 5. The Hall–Kier alpha value is -6.85. The highest BCUT2D eigenvalue weighted by Crippen LogP contribution is 2.34. The number of fused-ring (bicyclic) bond motifs is 5. The number of oxazole rings is 1. The van der Waals surface area contributed by atoms with Crippen molar-refractivity contribution in [3.8, 4) is 22.6 Å². The number of nitrogens with zero attached hydrogens (tertiary/aromatic N) is 3. The molecule has 240 valence electrons. The van der Waals surface area contributed by atoms with Gasteiger partial charge in [-0.05, 0) is 86.1 Å². The average molecular weight is 655 g/mol. The first-order valence-electron chi connectivity index (χ1n) is 17.1. The molecule has 2 heterocycles. The van der Waals surface area contributed by atoms with Gasteiger partial charge in [-0.3, -0.25) is 0 Å². The van der Waals surface area contributed by atoms with Crippen LogP contribution in [-0.4, -0.2) is 16.7 Å². The van der Waals surface area contributed by atoms with Crippen LogP contribution in [0.1, 0.15) is 22.9 Å². The molecule has 5 nitrogen and oxygen atoms in total. The standard InChI is InChI=1S/C46H30N4O/c1-2-11-32(12-3-1)46-47-42-40-28-36(20-19-31(40)23-24-41(42)51-46)35-15-8-16-37(27-35)43-48-44(38-21-17-29-9-4-6-13-33(29)25-38)50-45(49-43)39-22-18-30-10-5-7-14-34(30)26-39/h1-28,44H,(H,48,49,50). The number of benzene rings is 8. The Labute approximate surface area is 294 Å². The summed E-state index contributed by atoms with van der Waals surface area (Å²) in [7, 11) is 0. The van der Waals surface area contributed by atoms with Gasteiger partial charge in [0.2, 0.25) is 5.89 Å². The van der Waals surface area contributed by atoms with Gasteiger partial charge in [0.1, 0.15) is 17.5 Å². The van der Waals surface area contributed by atoms with Crippen molar-refractivity contribution >= 4 is 55.1 Å². The van der Waals surface area contributed by atoms with Crippen molar-refractivity contribution in [1.29, 1.82) is 0 Å². The van der Waals surface area contributed by atoms with Gasteiger partial charge in [0, 0.05) is 22.1 Å². The smallest absolute Gasteiger partial charge is 0.227 e. The van der Waals surface area contributed by atoms with E-state index in [-0.39, 0.29) is 6.17 Å². The van der Waals surface area contributed by atoms with Gasteiger partial charge in [0.15, 0.2) is 11.4 Å². The summed E-state index contributed by atoms with van der Waals surface area (Å²) in [4.78, 5) is 15.3. The number of amidine groups is 2. The van der Waals surface area contributed by atoms with Gasteiger partial charge in [0.05, 0.1) is 0 Å². The second kappa shape index (κ2) is 11.9. The minimum atomic E-state index is -0.313. The molecule has 10 rings (SSSR count). The quantitative estimate of drug-likeness (QED) is 0.201. The van der Waals surface area contributed by atoms with E-state index < -0.39 is 0 Å². The molecule has 8 aromatic carbocycles. The molecule has 1 N–H and O–H groups in total. The van der Waals surface area contributed by atoms with E-state index in [1.807, 2.05) is 36.4 Å². The third-order valence-electron chi connectivity index (χ3n) is 9.71. The lowest BCUT2D eigenvalue weighted by Gasteiger charge is -2.24. The molecule has 9 aromatic rings. The molecule has 0 aliphatic carbocycles. The molecule has 0 spiro atoms. The highest BCUT2D eigenvalue weighted by molar-refractivity contribution is 6.14. The lowest BCUT2D eigenvalue weighted by molar-refractivity contribution is 0.620. The number of hydrogen-bond donors (Lipinski definition) is 1. The molecule has 0 fully saturated rings. The predicted octanol–water partition coefficient (Wildman–Crippen LogP) is 11.1. The van der Waals surface area contributed by atoms with Crippen molar-refractivity contribution in [2.45, 2.75) is 6.17 Å². The highest BCUT2D eigenvalue weighted by atomic mass is 16.3. The molecule has 5 heteroatoms. The summed E-state index contributed by atoms with van der Waals surface area (Å²) in [5, 5.41) is 10.6. The van der Waals surface area contributed by atoms with Crippen molar-refractivity contribution in [3.05, 3.63) is 187 Å². The van der Waals surface area contributed by atoms with E-state index in [0.29, 0.717) is 11.7 Å². The molecule has 1 atom stereocenters. The van der Waals surface area contributed by atoms with E-state index in [0.717, 1.165) is 61.1 Å². The fraction of sp³-hybridized carbons (Fsp3) is 0.0217. The Morgan fingerprint density at radius 2 is 1.12 bits per heavy atom. The molecule has 51 heavy (non-hydrogen) atoms. The number of aliphatic imine (C=N–C) groups is 2. The van der Waals surface area contributed by atoms with Crippen molar-refractivity contribution in [2.24, 2.45) is 9.98 Å². The zero-order chi connectivity index (χ0) is 33.7. The van der Waals surface area contributed by atoms with Crippen LogP contribution in [0.2, 0.25) is 0 Å². The normalized spacial score (nSPS) is 14.5. The largest absolute Gasteiger partial charge is 0.436 e. The Bertz CT molecular complexity index is 2850. The van der Waals surface area contributed by atoms with Gasteiger partial charge >= 0.3 is 0 Å². The van der Waals surface area contributed by atoms with Gasteiger partial charge in [-0.25, -0.2) is 15.0 Å². The van der Waals surface area contributed by atoms with Crippen LogP contribution in [-0.2, 0) is 0 Å². The molecule has 0 radical (unpaired) electrons. The summed E-state index contributed by atoms with van der Waals surface area (Å²) in [6.07, 6.45) is -0.313. The van der Waals surface area contributed by atoms with Crippen LogP contribution in [0.4, 0.5) is 0 Å². The SMILES string of the molecule is c1ccc(-c2nc3c(ccc4ccc(-c5cccc(C6=NC(c7ccc8ccccc8c7)NC(c7ccc8ccccc8c7)=N6)c5)cc43)o2)cc1. The summed E-state index contributed by atoms with van der Waals surface area (Å²) < 4.78 is 6.20. The van der Waals surface area contributed by atoms with Crippen LogP contribution < -0.4 is 5.32 Å². The monoisotopic (exact) mass is 654 g/mol. The van der Waals surface area contributed by atoms with Crippen LogP contribution in [0.15, 0.2) is 184 Å². The van der Waals surface area contributed by atoms with Crippen molar-refractivity contribution in [1.82, 2.24) is 10.3 Å². The summed E-state index contributed by atoms with van der Waals surface area (Å²) in [5.41, 5.74) is 7.79. The van der Waals surface area contributed by atoms with Crippen molar-refractivity contribution in [3.63, 3.8) is 0 Å². The number of aromatic nitrogens is 1. The van der Waals surface area contributed by atoms with Crippen molar-refractivity contribution in [2.75, 3.05) is 0 Å². The minimum Gasteiger partial charge on any atom is -0.436 e. The second-order valence-electron chi connectivity index (χ2n) is 12.9. The number of hydrogen-bond acceptors (Lipinski definition) is 5. The van der Waals surface area contributed by atoms with Gasteiger partial charge in [0.25, 0.3) is 0 Å². The van der Waals surface area contributed by atoms with E-state index in [9.17, 15) is 0 Å². The van der Waals surface area contributed by atoms with E-state index in [1.165, 1.54) is 21.5 Å². The zero-order valence-corrected chi connectivity index (χ0v) is 27.5. The summed E-state index contributed by atoms with van der Waals surface area (Å²) in [6.45, 7) is 0. The Balaban J connectivity index is 1.07. The average Bonchev–Trinajstić information content (AvgIpc) is 3.66. The topological polar surface area (TPSA) is 62.8 Å². The minimum absolute atomic E-state index is 0.313. The van der Waals surface area contributed by atoms with E-state index in [4.69, 9.17) is 19.4 Å². The maximum atomic E-state index is 6.20. The Kier molecular flexibility index (Phi) is 6.81. The van der Waals surface area contributed by atoms with E-state index in [1.54, 1.807) is 0 Å². The molecule has 1 aliphatic rings. The van der Waals surface area contributed by atoms with Crippen molar-refractivity contribution < 1.29 is 4.42 Å². The van der Waals surface area contributed by atoms with Gasteiger partial charge in [-0.2, -0.15) is 0 Å². The third-order valence-corrected chi connectivity index (χ3v) is 9.71. The Morgan fingerprint density at radius 1 is 0.471 bits per heavy atom. The predicted molar refractivity (Wildman–Crippen MR) is 209 cm³/mol. The van der Waals surface area contributed by atoms with Gasteiger partial charge < -0.3 is 9.73 Å². The molecule has 1 aliphatic heterocycles. The van der Waals surface area contributed by atoms with E-state index >= 15 is 0 Å². The molecule has 1 unspecified atom stereocenters. The maximum absolute atomic E-state index is 6.20.